The van der Waals surface area contributed by atoms with Crippen molar-refractivity contribution in [2.45, 2.75) is 45.4 Å². The van der Waals surface area contributed by atoms with Gasteiger partial charge in [0.15, 0.2) is 0 Å². The summed E-state index contributed by atoms with van der Waals surface area (Å²) in [4.78, 5) is 9.48. The summed E-state index contributed by atoms with van der Waals surface area (Å²) in [6.07, 6.45) is 7.69. The summed E-state index contributed by atoms with van der Waals surface area (Å²) in [5, 5.41) is 0. The predicted octanol–water partition coefficient (Wildman–Crippen LogP) is -0.520. The monoisotopic (exact) mass is 310 g/mol. The molecule has 0 rings (SSSR count). The van der Waals surface area contributed by atoms with E-state index in [-0.39, 0.29) is 51.4 Å². The summed E-state index contributed by atoms with van der Waals surface area (Å²) in [5.74, 6) is 0. The van der Waals surface area contributed by atoms with Crippen LogP contribution in [-0.2, 0) is 20.2 Å². The van der Waals surface area contributed by atoms with Gasteiger partial charge in [0.1, 0.15) is 0 Å². The van der Waals surface area contributed by atoms with Crippen molar-refractivity contribution in [3.63, 3.8) is 0 Å². The number of hydrogen-bond donors (Lipinski definition) is 2. The third-order valence-electron chi connectivity index (χ3n) is 1.75. The van der Waals surface area contributed by atoms with Gasteiger partial charge >= 0.3 is 61.8 Å². The van der Waals surface area contributed by atoms with Gasteiger partial charge in [-0.15, -0.1) is 0 Å². The Kier molecular flexibility index (Phi) is 25.0. The normalized spacial score (nSPS) is 10.2. The molecule has 0 radical (unpaired) electrons. The molecule has 0 heterocycles. The molecule has 0 saturated heterocycles. The second-order valence-electron chi connectivity index (χ2n) is 3.36. The smallest absolute Gasteiger partial charge is 0.315 e. The fourth-order valence-electron chi connectivity index (χ4n) is 1.06. The van der Waals surface area contributed by atoms with Crippen LogP contribution in [0.5, 0.6) is 0 Å². The third kappa shape index (κ3) is 43.3. The zero-order chi connectivity index (χ0) is 13.6. The van der Waals surface area contributed by atoms with Crippen molar-refractivity contribution in [2.24, 2.45) is 0 Å². The van der Waals surface area contributed by atoms with Crippen LogP contribution < -0.4 is 51.4 Å². The van der Waals surface area contributed by atoms with E-state index in [9.17, 15) is 0 Å². The first-order valence-electron chi connectivity index (χ1n) is 5.65. The molecular weight excluding hydrogens is 287 g/mol. The molecule has 2 N–H and O–H groups in total. The summed E-state index contributed by atoms with van der Waals surface area (Å²) in [5.41, 5.74) is 0. The van der Waals surface area contributed by atoms with E-state index in [4.69, 9.17) is 22.4 Å². The molecular formula is C10H23KO6S. The molecule has 0 aliphatic carbocycles. The molecule has 0 aromatic heterocycles. The van der Waals surface area contributed by atoms with Gasteiger partial charge in [-0.1, -0.05) is 39.0 Å². The van der Waals surface area contributed by atoms with E-state index in [0.29, 0.717) is 13.2 Å². The number of rotatable bonds is 9. The van der Waals surface area contributed by atoms with Crippen molar-refractivity contribution < 1.29 is 78.7 Å². The molecule has 6 nitrogen and oxygen atoms in total. The Hall–Kier alpha value is 1.43. The molecule has 0 fully saturated rings. The van der Waals surface area contributed by atoms with Gasteiger partial charge in [0, 0.05) is 0 Å². The zero-order valence-electron chi connectivity index (χ0n) is 11.3. The largest absolute Gasteiger partial charge is 1.00 e. The van der Waals surface area contributed by atoms with E-state index in [0.717, 1.165) is 6.42 Å². The predicted molar refractivity (Wildman–Crippen MR) is 64.8 cm³/mol. The van der Waals surface area contributed by atoms with Crippen molar-refractivity contribution in [3.8, 4) is 0 Å². The van der Waals surface area contributed by atoms with Crippen LogP contribution in [0, 0.1) is 6.92 Å². The molecule has 0 aliphatic rings. The summed E-state index contributed by atoms with van der Waals surface area (Å²) >= 11 is 0. The number of hydrogen-bond acceptors (Lipinski definition) is 4. The molecule has 0 bridgehead atoms. The van der Waals surface area contributed by atoms with Crippen LogP contribution in [0.1, 0.15) is 45.4 Å². The average molecular weight is 310 g/mol. The Labute approximate surface area is 153 Å². The molecule has 8 heteroatoms. The van der Waals surface area contributed by atoms with E-state index in [1.54, 1.807) is 0 Å². The van der Waals surface area contributed by atoms with Gasteiger partial charge in [0.2, 0.25) is 0 Å². The fourth-order valence-corrected chi connectivity index (χ4v) is 1.06. The molecule has 106 valence electrons. The molecule has 18 heavy (non-hydrogen) atoms. The van der Waals surface area contributed by atoms with Crippen molar-refractivity contribution >= 4 is 10.4 Å². The molecule has 0 saturated carbocycles. The first-order valence-corrected chi connectivity index (χ1v) is 7.05. The second kappa shape index (κ2) is 18.4. The Morgan fingerprint density at radius 1 is 1.00 bits per heavy atom. The first-order chi connectivity index (χ1) is 7.91. The topological polar surface area (TPSA) is 93.1 Å². The summed E-state index contributed by atoms with van der Waals surface area (Å²) in [6, 6.07) is 0. The maximum absolute atomic E-state index is 8.74. The van der Waals surface area contributed by atoms with E-state index < -0.39 is 10.4 Å². The summed E-state index contributed by atoms with van der Waals surface area (Å²) < 4.78 is 31.6. The maximum Gasteiger partial charge on any atom is 1.00 e. The van der Waals surface area contributed by atoms with Gasteiger partial charge in [-0.2, -0.15) is 8.42 Å². The molecule has 0 amide bonds. The first kappa shape index (κ1) is 24.4. The van der Waals surface area contributed by atoms with Crippen molar-refractivity contribution in [3.05, 3.63) is 6.92 Å². The van der Waals surface area contributed by atoms with Gasteiger partial charge in [-0.25, -0.2) is 4.89 Å². The van der Waals surface area contributed by atoms with Gasteiger partial charge in [0.25, 0.3) is 0 Å². The molecule has 0 aromatic carbocycles. The zero-order valence-corrected chi connectivity index (χ0v) is 15.2. The molecule has 0 atom stereocenters. The Morgan fingerprint density at radius 3 is 1.89 bits per heavy atom. The molecule has 0 spiro atoms. The maximum atomic E-state index is 8.74. The van der Waals surface area contributed by atoms with Gasteiger partial charge in [-0.05, 0) is 13.0 Å². The Bertz CT molecular complexity index is 215. The van der Waals surface area contributed by atoms with Crippen LogP contribution in [0.4, 0.5) is 0 Å². The van der Waals surface area contributed by atoms with Crippen LogP contribution >= 0.6 is 0 Å². The standard InChI is InChI=1S/C10H21O2.K.H2O4S/c1-3-5-6-7-8-9-10-12-11-4-2;;1-5(2,3)4/h2-10H2,1H3;;(H2,1,2,3,4)/q-1;+1;. The van der Waals surface area contributed by atoms with Crippen LogP contribution in [0.15, 0.2) is 0 Å². The van der Waals surface area contributed by atoms with Crippen LogP contribution in [-0.4, -0.2) is 30.7 Å². The van der Waals surface area contributed by atoms with E-state index >= 15 is 0 Å². The van der Waals surface area contributed by atoms with Crippen molar-refractivity contribution in [1.29, 1.82) is 0 Å². The van der Waals surface area contributed by atoms with Crippen molar-refractivity contribution in [1.82, 2.24) is 0 Å². The summed E-state index contributed by atoms with van der Waals surface area (Å²) in [7, 11) is -4.67. The van der Waals surface area contributed by atoms with E-state index in [2.05, 4.69) is 18.7 Å². The van der Waals surface area contributed by atoms with E-state index in [1.165, 1.54) is 32.1 Å². The quantitative estimate of drug-likeness (QED) is 0.149. The minimum Gasteiger partial charge on any atom is -0.315 e. The van der Waals surface area contributed by atoms with Crippen LogP contribution in [0.2, 0.25) is 0 Å². The van der Waals surface area contributed by atoms with Crippen molar-refractivity contribution in [2.75, 3.05) is 13.2 Å². The Balaban J connectivity index is -0.000000321. The minimum atomic E-state index is -4.67. The van der Waals surface area contributed by atoms with Crippen LogP contribution in [0.3, 0.4) is 0 Å². The fraction of sp³-hybridized carbons (Fsp3) is 0.900. The third-order valence-corrected chi connectivity index (χ3v) is 1.75. The van der Waals surface area contributed by atoms with Crippen LogP contribution in [0.25, 0.3) is 0 Å². The Morgan fingerprint density at radius 2 is 1.44 bits per heavy atom. The SMILES string of the molecule is O=S(=O)(O)O.[CH2-]COOCCCCCCCC.[K+]. The molecule has 0 aliphatic heterocycles. The summed E-state index contributed by atoms with van der Waals surface area (Å²) in [6.45, 7) is 6.83. The molecule has 0 aromatic rings. The molecule has 0 unspecified atom stereocenters. The average Bonchev–Trinajstić information content (AvgIpc) is 2.20. The van der Waals surface area contributed by atoms with E-state index in [1.807, 2.05) is 0 Å². The second-order valence-corrected chi connectivity index (χ2v) is 4.26. The minimum absolute atomic E-state index is 0. The number of unbranched alkanes of at least 4 members (excludes halogenated alkanes) is 5. The van der Waals surface area contributed by atoms with Gasteiger partial charge < -0.3 is 6.92 Å². The van der Waals surface area contributed by atoms with Gasteiger partial charge in [-0.3, -0.25) is 14.0 Å². The van der Waals surface area contributed by atoms with Gasteiger partial charge in [0.05, 0.1) is 6.61 Å².